The van der Waals surface area contributed by atoms with Gasteiger partial charge in [0.25, 0.3) is 5.56 Å². The Kier molecular flexibility index (Phi) is 7.88. The summed E-state index contributed by atoms with van der Waals surface area (Å²) in [6.45, 7) is 8.36. The number of carbonyl (C=O) groups is 2. The van der Waals surface area contributed by atoms with Crippen LogP contribution >= 0.6 is 23.4 Å². The van der Waals surface area contributed by atoms with E-state index in [4.69, 9.17) is 11.6 Å². The number of rotatable bonds is 7. The van der Waals surface area contributed by atoms with Crippen LogP contribution in [0.15, 0.2) is 28.2 Å². The summed E-state index contributed by atoms with van der Waals surface area (Å²) in [4.78, 5) is 41.1. The molecule has 2 rings (SSSR count). The van der Waals surface area contributed by atoms with Gasteiger partial charge in [0.2, 0.25) is 5.91 Å². The number of fused-ring (bicyclic) bond motifs is 1. The summed E-state index contributed by atoms with van der Waals surface area (Å²) in [6, 6.07) is 4.26. The van der Waals surface area contributed by atoms with Crippen LogP contribution in [0.4, 0.5) is 4.79 Å². The van der Waals surface area contributed by atoms with Gasteiger partial charge in [0, 0.05) is 17.6 Å². The number of imide groups is 1. The maximum absolute atomic E-state index is 12.8. The number of carbonyl (C=O) groups excluding carboxylic acids is 2. The molecule has 2 aromatic rings. The Hall–Kier alpha value is -2.06. The summed E-state index contributed by atoms with van der Waals surface area (Å²) in [5.41, 5.74) is 0.287. The van der Waals surface area contributed by atoms with Crippen molar-refractivity contribution < 1.29 is 9.59 Å². The second kappa shape index (κ2) is 9.93. The largest absolute Gasteiger partial charge is 0.338 e. The average Bonchev–Trinajstić information content (AvgIpc) is 2.58. The van der Waals surface area contributed by atoms with Gasteiger partial charge in [-0.05, 0) is 44.4 Å². The Morgan fingerprint density at radius 2 is 1.96 bits per heavy atom. The number of aromatic nitrogens is 2. The van der Waals surface area contributed by atoms with E-state index in [1.54, 1.807) is 18.2 Å². The minimum atomic E-state index is -0.522. The molecule has 3 amide bonds. The third-order valence-electron chi connectivity index (χ3n) is 3.94. The molecule has 0 saturated heterocycles. The van der Waals surface area contributed by atoms with Gasteiger partial charge in [-0.15, -0.1) is 0 Å². The van der Waals surface area contributed by atoms with Gasteiger partial charge in [-0.1, -0.05) is 37.2 Å². The zero-order valence-electron chi connectivity index (χ0n) is 16.4. The van der Waals surface area contributed by atoms with E-state index in [2.05, 4.69) is 29.5 Å². The quantitative estimate of drug-likeness (QED) is 0.523. The number of hydrogen-bond acceptors (Lipinski definition) is 5. The lowest BCUT2D eigenvalue weighted by Crippen LogP contribution is -2.41. The van der Waals surface area contributed by atoms with Gasteiger partial charge >= 0.3 is 6.03 Å². The standard InChI is InChI=1S/C19H25ClN4O3S/c1-11(2)7-8-21-18(27)23-16(25)10-28-19-22-15-9-13(20)5-6-14(15)17(26)24(19)12(3)4/h5-6,9,11-12H,7-8,10H2,1-4H3,(H2,21,23,25,27). The molecule has 0 fully saturated rings. The van der Waals surface area contributed by atoms with Crippen molar-refractivity contribution in [2.45, 2.75) is 45.3 Å². The summed E-state index contributed by atoms with van der Waals surface area (Å²) in [5, 5.41) is 6.29. The molecule has 1 aromatic heterocycles. The highest BCUT2D eigenvalue weighted by molar-refractivity contribution is 7.99. The second-order valence-corrected chi connectivity index (χ2v) is 8.48. The highest BCUT2D eigenvalue weighted by atomic mass is 35.5. The van der Waals surface area contributed by atoms with E-state index in [9.17, 15) is 14.4 Å². The predicted molar refractivity (Wildman–Crippen MR) is 113 cm³/mol. The number of benzene rings is 1. The van der Waals surface area contributed by atoms with Crippen molar-refractivity contribution in [2.75, 3.05) is 12.3 Å². The number of thioether (sulfide) groups is 1. The maximum Gasteiger partial charge on any atom is 0.321 e. The monoisotopic (exact) mass is 424 g/mol. The summed E-state index contributed by atoms with van der Waals surface area (Å²) >= 11 is 7.11. The van der Waals surface area contributed by atoms with Crippen molar-refractivity contribution in [3.05, 3.63) is 33.6 Å². The first kappa shape index (κ1) is 22.2. The first-order valence-corrected chi connectivity index (χ1v) is 10.5. The highest BCUT2D eigenvalue weighted by Crippen LogP contribution is 2.22. The zero-order valence-corrected chi connectivity index (χ0v) is 18.0. The van der Waals surface area contributed by atoms with Gasteiger partial charge in [-0.2, -0.15) is 0 Å². The number of halogens is 1. The molecule has 0 spiro atoms. The lowest BCUT2D eigenvalue weighted by Gasteiger charge is -2.16. The summed E-state index contributed by atoms with van der Waals surface area (Å²) in [6.07, 6.45) is 0.834. The Balaban J connectivity index is 2.10. The van der Waals surface area contributed by atoms with Crippen molar-refractivity contribution >= 4 is 46.2 Å². The molecule has 1 heterocycles. The summed E-state index contributed by atoms with van der Waals surface area (Å²) in [7, 11) is 0. The predicted octanol–water partition coefficient (Wildman–Crippen LogP) is 3.59. The van der Waals surface area contributed by atoms with Crippen LogP contribution in [0.5, 0.6) is 0 Å². The fourth-order valence-corrected chi connectivity index (χ4v) is 3.61. The number of nitrogens with one attached hydrogen (secondary N) is 2. The van der Waals surface area contributed by atoms with Crippen LogP contribution in [0.3, 0.4) is 0 Å². The van der Waals surface area contributed by atoms with E-state index in [0.29, 0.717) is 33.5 Å². The average molecular weight is 425 g/mol. The Labute approximate surface area is 173 Å². The molecule has 0 atom stereocenters. The van der Waals surface area contributed by atoms with Gasteiger partial charge in [-0.3, -0.25) is 19.5 Å². The van der Waals surface area contributed by atoms with Gasteiger partial charge in [0.05, 0.1) is 16.7 Å². The summed E-state index contributed by atoms with van der Waals surface area (Å²) < 4.78 is 1.54. The minimum Gasteiger partial charge on any atom is -0.338 e. The van der Waals surface area contributed by atoms with Gasteiger partial charge in [0.1, 0.15) is 0 Å². The van der Waals surface area contributed by atoms with E-state index in [1.807, 2.05) is 13.8 Å². The van der Waals surface area contributed by atoms with Gasteiger partial charge in [0.15, 0.2) is 5.16 Å². The second-order valence-electron chi connectivity index (χ2n) is 7.10. The Bertz CT molecular complexity index is 927. The van der Waals surface area contributed by atoms with Crippen molar-refractivity contribution in [2.24, 2.45) is 5.92 Å². The molecule has 0 saturated carbocycles. The molecule has 1 aromatic carbocycles. The molecular weight excluding hydrogens is 400 g/mol. The third-order valence-corrected chi connectivity index (χ3v) is 5.13. The zero-order chi connectivity index (χ0) is 20.8. The van der Waals surface area contributed by atoms with Crippen molar-refractivity contribution in [3.8, 4) is 0 Å². The maximum atomic E-state index is 12.8. The molecule has 0 unspecified atom stereocenters. The van der Waals surface area contributed by atoms with Crippen LogP contribution in [-0.4, -0.2) is 33.8 Å². The van der Waals surface area contributed by atoms with Crippen LogP contribution in [0.2, 0.25) is 5.02 Å². The molecule has 28 heavy (non-hydrogen) atoms. The number of nitrogens with zero attached hydrogens (tertiary/aromatic N) is 2. The van der Waals surface area contributed by atoms with Crippen molar-refractivity contribution in [1.29, 1.82) is 0 Å². The van der Waals surface area contributed by atoms with E-state index in [1.165, 1.54) is 4.57 Å². The molecule has 0 radical (unpaired) electrons. The molecule has 152 valence electrons. The first-order chi connectivity index (χ1) is 13.2. The van der Waals surface area contributed by atoms with E-state index in [0.717, 1.165) is 18.2 Å². The Morgan fingerprint density at radius 3 is 2.61 bits per heavy atom. The Morgan fingerprint density at radius 1 is 1.25 bits per heavy atom. The fraction of sp³-hybridized carbons (Fsp3) is 0.474. The van der Waals surface area contributed by atoms with Crippen LogP contribution in [0.1, 0.15) is 40.2 Å². The minimum absolute atomic E-state index is 0.0389. The molecule has 2 N–H and O–H groups in total. The van der Waals surface area contributed by atoms with E-state index in [-0.39, 0.29) is 17.4 Å². The molecule has 0 aliphatic rings. The van der Waals surface area contributed by atoms with Gasteiger partial charge < -0.3 is 5.32 Å². The lowest BCUT2D eigenvalue weighted by atomic mass is 10.1. The normalized spacial score (nSPS) is 11.2. The highest BCUT2D eigenvalue weighted by Gasteiger charge is 2.16. The van der Waals surface area contributed by atoms with E-state index >= 15 is 0 Å². The molecule has 7 nitrogen and oxygen atoms in total. The topological polar surface area (TPSA) is 93.1 Å². The van der Waals surface area contributed by atoms with Gasteiger partial charge in [-0.25, -0.2) is 9.78 Å². The third kappa shape index (κ3) is 5.97. The van der Waals surface area contributed by atoms with Crippen LogP contribution < -0.4 is 16.2 Å². The van der Waals surface area contributed by atoms with E-state index < -0.39 is 11.9 Å². The smallest absolute Gasteiger partial charge is 0.321 e. The molecule has 0 aliphatic carbocycles. The van der Waals surface area contributed by atoms with Crippen molar-refractivity contribution in [1.82, 2.24) is 20.2 Å². The first-order valence-electron chi connectivity index (χ1n) is 9.11. The number of hydrogen-bond donors (Lipinski definition) is 2. The number of urea groups is 1. The molecule has 9 heteroatoms. The summed E-state index contributed by atoms with van der Waals surface area (Å²) in [5.74, 6) is -0.0300. The SMILES string of the molecule is CC(C)CCNC(=O)NC(=O)CSc1nc2cc(Cl)ccc2c(=O)n1C(C)C. The van der Waals surface area contributed by atoms with Crippen LogP contribution in [0.25, 0.3) is 10.9 Å². The number of amides is 3. The van der Waals surface area contributed by atoms with Crippen LogP contribution in [-0.2, 0) is 4.79 Å². The molecule has 0 aliphatic heterocycles. The lowest BCUT2D eigenvalue weighted by molar-refractivity contribution is -0.117. The molecular formula is C19H25ClN4O3S. The fourth-order valence-electron chi connectivity index (χ4n) is 2.52. The van der Waals surface area contributed by atoms with Crippen molar-refractivity contribution in [3.63, 3.8) is 0 Å². The molecule has 0 bridgehead atoms. The van der Waals surface area contributed by atoms with Crippen LogP contribution in [0, 0.1) is 5.92 Å².